The molecule has 3 aromatic rings. The normalized spacial score (nSPS) is 17.8. The van der Waals surface area contributed by atoms with Crippen LogP contribution in [0.5, 0.6) is 17.2 Å². The molecule has 0 radical (unpaired) electrons. The molecule has 8 heteroatoms. The van der Waals surface area contributed by atoms with Crippen LogP contribution in [0.4, 0.5) is 5.69 Å². The van der Waals surface area contributed by atoms with Crippen molar-refractivity contribution < 1.29 is 19.0 Å². The number of halogens is 1. The van der Waals surface area contributed by atoms with E-state index >= 15 is 0 Å². The molecule has 2 heterocycles. The molecule has 7 nitrogen and oxygen atoms in total. The van der Waals surface area contributed by atoms with Gasteiger partial charge in [-0.25, -0.2) is 0 Å². The van der Waals surface area contributed by atoms with Gasteiger partial charge in [-0.1, -0.05) is 29.8 Å². The van der Waals surface area contributed by atoms with Crippen LogP contribution in [0, 0.1) is 6.92 Å². The topological polar surface area (TPSA) is 54.5 Å². The number of hydrogen-bond acceptors (Lipinski definition) is 6. The number of carbonyl (C=O) groups excluding carboxylic acids is 1. The Kier molecular flexibility index (Phi) is 9.38. The van der Waals surface area contributed by atoms with Gasteiger partial charge in [0.15, 0.2) is 11.5 Å². The van der Waals surface area contributed by atoms with E-state index in [0.29, 0.717) is 42.1 Å². The standard InChI is InChI=1S/C33H40ClN3O4/c1-5-39-30-20-25-21-32(38)37(33(24-8-10-26(34)11-9-24)27(25)22-31(30)40-6-2)28-12-7-23(3)19-29(28)41-18-17-36-15-13-35(4)14-16-36/h7-12,19-20,22,33H,5-6,13-18,21H2,1-4H3. The van der Waals surface area contributed by atoms with E-state index < -0.39 is 0 Å². The van der Waals surface area contributed by atoms with Crippen LogP contribution in [0.25, 0.3) is 0 Å². The van der Waals surface area contributed by atoms with E-state index in [4.69, 9.17) is 25.8 Å². The van der Waals surface area contributed by atoms with E-state index in [1.165, 1.54) is 0 Å². The van der Waals surface area contributed by atoms with Crippen LogP contribution >= 0.6 is 11.6 Å². The second-order valence-electron chi connectivity index (χ2n) is 10.7. The van der Waals surface area contributed by atoms with E-state index in [-0.39, 0.29) is 18.4 Å². The molecule has 0 aromatic heterocycles. The third kappa shape index (κ3) is 6.64. The van der Waals surface area contributed by atoms with Crippen molar-refractivity contribution >= 4 is 23.2 Å². The zero-order chi connectivity index (χ0) is 28.9. The number of ether oxygens (including phenoxy) is 3. The fourth-order valence-corrected chi connectivity index (χ4v) is 5.76. The van der Waals surface area contributed by atoms with Gasteiger partial charge in [0.2, 0.25) is 5.91 Å². The smallest absolute Gasteiger partial charge is 0.232 e. The van der Waals surface area contributed by atoms with Gasteiger partial charge in [-0.2, -0.15) is 0 Å². The van der Waals surface area contributed by atoms with Crippen LogP contribution in [0.15, 0.2) is 54.6 Å². The van der Waals surface area contributed by atoms with Gasteiger partial charge in [-0.15, -0.1) is 0 Å². The monoisotopic (exact) mass is 577 g/mol. The van der Waals surface area contributed by atoms with Gasteiger partial charge in [0.05, 0.1) is 31.4 Å². The molecule has 1 atom stereocenters. The van der Waals surface area contributed by atoms with Gasteiger partial charge < -0.3 is 19.1 Å². The largest absolute Gasteiger partial charge is 0.490 e. The average molecular weight is 578 g/mol. The Morgan fingerprint density at radius 1 is 0.854 bits per heavy atom. The number of carbonyl (C=O) groups is 1. The summed E-state index contributed by atoms with van der Waals surface area (Å²) in [6, 6.07) is 17.4. The zero-order valence-electron chi connectivity index (χ0n) is 24.5. The third-order valence-electron chi connectivity index (χ3n) is 7.79. The quantitative estimate of drug-likeness (QED) is 0.306. The van der Waals surface area contributed by atoms with Crippen molar-refractivity contribution in [2.45, 2.75) is 33.2 Å². The van der Waals surface area contributed by atoms with E-state index in [2.05, 4.69) is 16.8 Å². The molecule has 0 saturated carbocycles. The van der Waals surface area contributed by atoms with Crippen molar-refractivity contribution in [1.82, 2.24) is 9.80 Å². The van der Waals surface area contributed by atoms with Crippen molar-refractivity contribution in [3.05, 3.63) is 81.9 Å². The first kappa shape index (κ1) is 29.2. The summed E-state index contributed by atoms with van der Waals surface area (Å²) >= 11 is 6.28. The second kappa shape index (κ2) is 13.1. The third-order valence-corrected chi connectivity index (χ3v) is 8.04. The lowest BCUT2D eigenvalue weighted by molar-refractivity contribution is -0.118. The highest BCUT2D eigenvalue weighted by Gasteiger charge is 2.37. The molecule has 2 aliphatic rings. The summed E-state index contributed by atoms with van der Waals surface area (Å²) < 4.78 is 18.3. The molecule has 218 valence electrons. The molecule has 0 spiro atoms. The molecule has 1 fully saturated rings. The van der Waals surface area contributed by atoms with E-state index in [1.807, 2.05) is 80.3 Å². The first-order chi connectivity index (χ1) is 19.9. The van der Waals surface area contributed by atoms with Crippen LogP contribution in [-0.4, -0.2) is 75.3 Å². The summed E-state index contributed by atoms with van der Waals surface area (Å²) in [5.41, 5.74) is 4.73. The van der Waals surface area contributed by atoms with E-state index in [1.54, 1.807) is 0 Å². The molecule has 0 bridgehead atoms. The number of benzene rings is 3. The molecule has 5 rings (SSSR count). The van der Waals surface area contributed by atoms with Crippen LogP contribution < -0.4 is 19.1 Å². The van der Waals surface area contributed by atoms with Gasteiger partial charge in [0.1, 0.15) is 12.4 Å². The Morgan fingerprint density at radius 2 is 1.54 bits per heavy atom. The van der Waals surface area contributed by atoms with Gasteiger partial charge in [0.25, 0.3) is 0 Å². The Bertz CT molecular complexity index is 1360. The van der Waals surface area contributed by atoms with Crippen LogP contribution in [0.1, 0.15) is 42.1 Å². The van der Waals surface area contributed by atoms with Crippen LogP contribution in [-0.2, 0) is 11.2 Å². The van der Waals surface area contributed by atoms with Crippen molar-refractivity contribution in [2.75, 3.05) is 64.5 Å². The minimum atomic E-state index is -0.388. The molecule has 1 amide bonds. The summed E-state index contributed by atoms with van der Waals surface area (Å²) in [6.45, 7) is 12.6. The molecule has 41 heavy (non-hydrogen) atoms. The number of fused-ring (bicyclic) bond motifs is 1. The van der Waals surface area contributed by atoms with Crippen LogP contribution in [0.3, 0.4) is 0 Å². The number of piperazine rings is 1. The fraction of sp³-hybridized carbons (Fsp3) is 0.424. The molecule has 2 aliphatic heterocycles. The van der Waals surface area contributed by atoms with Crippen molar-refractivity contribution in [3.8, 4) is 17.2 Å². The van der Waals surface area contributed by atoms with E-state index in [9.17, 15) is 4.79 Å². The lowest BCUT2D eigenvalue weighted by atomic mass is 9.86. The first-order valence-corrected chi connectivity index (χ1v) is 14.9. The molecule has 1 saturated heterocycles. The van der Waals surface area contributed by atoms with Gasteiger partial charge >= 0.3 is 0 Å². The summed E-state index contributed by atoms with van der Waals surface area (Å²) in [5, 5.41) is 0.646. The molecular weight excluding hydrogens is 538 g/mol. The highest BCUT2D eigenvalue weighted by Crippen LogP contribution is 2.46. The van der Waals surface area contributed by atoms with Crippen molar-refractivity contribution in [3.63, 3.8) is 0 Å². The fourth-order valence-electron chi connectivity index (χ4n) is 5.63. The van der Waals surface area contributed by atoms with Crippen LogP contribution in [0.2, 0.25) is 5.02 Å². The number of likely N-dealkylation sites (N-methyl/N-ethyl adjacent to an activating group) is 1. The minimum Gasteiger partial charge on any atom is -0.490 e. The number of amides is 1. The van der Waals surface area contributed by atoms with Gasteiger partial charge in [-0.05, 0) is 86.5 Å². The molecule has 3 aromatic carbocycles. The maximum absolute atomic E-state index is 14.0. The van der Waals surface area contributed by atoms with Gasteiger partial charge in [0, 0.05) is 37.7 Å². The number of hydrogen-bond donors (Lipinski definition) is 0. The Balaban J connectivity index is 1.54. The average Bonchev–Trinajstić information content (AvgIpc) is 2.95. The second-order valence-corrected chi connectivity index (χ2v) is 11.2. The molecule has 0 aliphatic carbocycles. The SMILES string of the molecule is CCOc1cc2c(cc1OCC)C(c1ccc(Cl)cc1)N(c1ccc(C)cc1OCCN1CCN(C)CC1)C(=O)C2. The minimum absolute atomic E-state index is 0.00294. The van der Waals surface area contributed by atoms with E-state index in [0.717, 1.165) is 60.7 Å². The lowest BCUT2D eigenvalue weighted by Gasteiger charge is -2.39. The Hall–Kier alpha value is -3.26. The zero-order valence-corrected chi connectivity index (χ0v) is 25.2. The Morgan fingerprint density at radius 3 is 2.22 bits per heavy atom. The summed E-state index contributed by atoms with van der Waals surface area (Å²) in [6.07, 6.45) is 0.251. The van der Waals surface area contributed by atoms with Gasteiger partial charge in [-0.3, -0.25) is 14.6 Å². The number of nitrogens with zero attached hydrogens (tertiary/aromatic N) is 3. The number of aryl methyl sites for hydroxylation is 1. The predicted octanol–water partition coefficient (Wildman–Crippen LogP) is 5.75. The Labute approximate surface area is 248 Å². The summed E-state index contributed by atoms with van der Waals surface area (Å²) in [5.74, 6) is 2.05. The summed E-state index contributed by atoms with van der Waals surface area (Å²) in [7, 11) is 2.16. The predicted molar refractivity (Wildman–Crippen MR) is 164 cm³/mol. The highest BCUT2D eigenvalue weighted by molar-refractivity contribution is 6.30. The molecule has 0 N–H and O–H groups in total. The number of rotatable bonds is 10. The molecular formula is C33H40ClN3O4. The lowest BCUT2D eigenvalue weighted by Crippen LogP contribution is -2.45. The maximum Gasteiger partial charge on any atom is 0.232 e. The van der Waals surface area contributed by atoms with Crippen molar-refractivity contribution in [1.29, 1.82) is 0 Å². The van der Waals surface area contributed by atoms with Crippen molar-refractivity contribution in [2.24, 2.45) is 0 Å². The highest BCUT2D eigenvalue weighted by atomic mass is 35.5. The summed E-state index contributed by atoms with van der Waals surface area (Å²) in [4.78, 5) is 20.7. The maximum atomic E-state index is 14.0. The number of anilines is 1. The molecule has 1 unspecified atom stereocenters. The first-order valence-electron chi connectivity index (χ1n) is 14.5.